The van der Waals surface area contributed by atoms with Crippen LogP contribution in [0.5, 0.6) is 0 Å². The van der Waals surface area contributed by atoms with Crippen molar-refractivity contribution in [1.82, 2.24) is 13.9 Å². The largest absolute Gasteiger partial charge is 0.337 e. The van der Waals surface area contributed by atoms with Gasteiger partial charge >= 0.3 is 0 Å². The molecule has 0 N–H and O–H groups in total. The van der Waals surface area contributed by atoms with E-state index >= 15 is 0 Å². The van der Waals surface area contributed by atoms with Gasteiger partial charge in [0, 0.05) is 45.0 Å². The van der Waals surface area contributed by atoms with Crippen LogP contribution in [0.1, 0.15) is 24.2 Å². The van der Waals surface area contributed by atoms with Crippen LogP contribution in [0, 0.1) is 19.8 Å². The third-order valence-electron chi connectivity index (χ3n) is 5.25. The normalized spacial score (nSPS) is 16.4. The van der Waals surface area contributed by atoms with E-state index in [1.54, 1.807) is 30.5 Å². The standard InChI is InChI=1S/C19H26N4O3S/c1-14-5-7-17(8-6-14)22(4)19(24)16-9-11-23(12-10-16)27(25,26)18-13-21(3)15(2)20-18/h5-8,13,16H,9-12H2,1-4H3. The van der Waals surface area contributed by atoms with Crippen molar-refractivity contribution >= 4 is 21.6 Å². The molecule has 2 aromatic rings. The van der Waals surface area contributed by atoms with Crippen molar-refractivity contribution in [2.24, 2.45) is 13.0 Å². The lowest BCUT2D eigenvalue weighted by Crippen LogP contribution is -2.43. The SMILES string of the molecule is Cc1ccc(N(C)C(=O)C2CCN(S(=O)(=O)c3cn(C)c(C)n3)CC2)cc1. The summed E-state index contributed by atoms with van der Waals surface area (Å²) >= 11 is 0. The van der Waals surface area contributed by atoms with Crippen LogP contribution >= 0.6 is 0 Å². The van der Waals surface area contributed by atoms with Crippen molar-refractivity contribution in [3.63, 3.8) is 0 Å². The molecular formula is C19H26N4O3S. The van der Waals surface area contributed by atoms with Crippen molar-refractivity contribution in [1.29, 1.82) is 0 Å². The van der Waals surface area contributed by atoms with Gasteiger partial charge in [0.25, 0.3) is 10.0 Å². The molecule has 0 bridgehead atoms. The Labute approximate surface area is 160 Å². The van der Waals surface area contributed by atoms with E-state index in [0.29, 0.717) is 31.8 Å². The van der Waals surface area contributed by atoms with Gasteiger partial charge in [0.2, 0.25) is 5.91 Å². The number of piperidine rings is 1. The smallest absolute Gasteiger partial charge is 0.262 e. The number of hydrogen-bond acceptors (Lipinski definition) is 4. The van der Waals surface area contributed by atoms with E-state index in [-0.39, 0.29) is 16.9 Å². The summed E-state index contributed by atoms with van der Waals surface area (Å²) in [4.78, 5) is 18.6. The van der Waals surface area contributed by atoms with Gasteiger partial charge in [-0.3, -0.25) is 4.79 Å². The molecular weight excluding hydrogens is 364 g/mol. The van der Waals surface area contributed by atoms with Crippen molar-refractivity contribution in [3.05, 3.63) is 41.9 Å². The van der Waals surface area contributed by atoms with Crippen LogP contribution in [-0.2, 0) is 21.9 Å². The van der Waals surface area contributed by atoms with Gasteiger partial charge in [0.15, 0.2) is 5.03 Å². The summed E-state index contributed by atoms with van der Waals surface area (Å²) in [5.74, 6) is 0.510. The molecule has 3 rings (SSSR count). The predicted molar refractivity (Wildman–Crippen MR) is 104 cm³/mol. The van der Waals surface area contributed by atoms with Gasteiger partial charge in [-0.15, -0.1) is 0 Å². The van der Waals surface area contributed by atoms with Crippen LogP contribution < -0.4 is 4.90 Å². The van der Waals surface area contributed by atoms with Crippen molar-refractivity contribution < 1.29 is 13.2 Å². The summed E-state index contributed by atoms with van der Waals surface area (Å²) in [6.07, 6.45) is 2.56. The van der Waals surface area contributed by atoms with Gasteiger partial charge in [-0.1, -0.05) is 17.7 Å². The minimum Gasteiger partial charge on any atom is -0.337 e. The van der Waals surface area contributed by atoms with Crippen molar-refractivity contribution in [2.75, 3.05) is 25.0 Å². The second-order valence-electron chi connectivity index (χ2n) is 7.15. The van der Waals surface area contributed by atoms with Crippen molar-refractivity contribution in [3.8, 4) is 0 Å². The zero-order valence-electron chi connectivity index (χ0n) is 16.2. The molecule has 0 saturated carbocycles. The van der Waals surface area contributed by atoms with Crippen LogP contribution in [0.25, 0.3) is 0 Å². The number of aromatic nitrogens is 2. The number of amides is 1. The Kier molecular flexibility index (Phi) is 5.39. The fraction of sp³-hybridized carbons (Fsp3) is 0.474. The number of hydrogen-bond donors (Lipinski definition) is 0. The summed E-state index contributed by atoms with van der Waals surface area (Å²) < 4.78 is 28.7. The minimum atomic E-state index is -3.61. The van der Waals surface area contributed by atoms with E-state index in [0.717, 1.165) is 11.3 Å². The molecule has 0 atom stereocenters. The fourth-order valence-corrected chi connectivity index (χ4v) is 4.79. The van der Waals surface area contributed by atoms with Crippen LogP contribution in [-0.4, -0.2) is 48.3 Å². The van der Waals surface area contributed by atoms with E-state index in [4.69, 9.17) is 0 Å². The number of sulfonamides is 1. The Balaban J connectivity index is 1.66. The van der Waals surface area contributed by atoms with Crippen LogP contribution in [0.4, 0.5) is 5.69 Å². The van der Waals surface area contributed by atoms with E-state index in [1.165, 1.54) is 10.5 Å². The first-order valence-electron chi connectivity index (χ1n) is 9.04. The molecule has 1 aliphatic rings. The summed E-state index contributed by atoms with van der Waals surface area (Å²) in [6, 6.07) is 7.80. The molecule has 27 heavy (non-hydrogen) atoms. The van der Waals surface area contributed by atoms with Gasteiger partial charge < -0.3 is 9.47 Å². The molecule has 2 heterocycles. The Bertz CT molecular complexity index is 907. The number of nitrogens with zero attached hydrogens (tertiary/aromatic N) is 4. The van der Waals surface area contributed by atoms with Gasteiger partial charge in [-0.25, -0.2) is 13.4 Å². The molecule has 7 nitrogen and oxygen atoms in total. The molecule has 1 aromatic heterocycles. The number of imidazole rings is 1. The summed E-state index contributed by atoms with van der Waals surface area (Å²) in [5.41, 5.74) is 1.99. The third-order valence-corrected chi connectivity index (χ3v) is 7.02. The maximum absolute atomic E-state index is 12.8. The summed E-state index contributed by atoms with van der Waals surface area (Å²) in [7, 11) is -0.0719. The van der Waals surface area contributed by atoms with Gasteiger partial charge in [-0.05, 0) is 38.8 Å². The van der Waals surface area contributed by atoms with Crippen molar-refractivity contribution in [2.45, 2.75) is 31.7 Å². The summed E-state index contributed by atoms with van der Waals surface area (Å²) in [6.45, 7) is 4.43. The number of carbonyl (C=O) groups is 1. The van der Waals surface area contributed by atoms with Gasteiger partial charge in [0.1, 0.15) is 5.82 Å². The van der Waals surface area contributed by atoms with Gasteiger partial charge in [-0.2, -0.15) is 4.31 Å². The fourth-order valence-electron chi connectivity index (χ4n) is 3.30. The lowest BCUT2D eigenvalue weighted by Gasteiger charge is -2.32. The first-order valence-corrected chi connectivity index (χ1v) is 10.5. The second kappa shape index (κ2) is 7.44. The second-order valence-corrected chi connectivity index (χ2v) is 9.03. The highest BCUT2D eigenvalue weighted by atomic mass is 32.2. The average Bonchev–Trinajstić information content (AvgIpc) is 3.01. The molecule has 1 saturated heterocycles. The lowest BCUT2D eigenvalue weighted by molar-refractivity contribution is -0.123. The number of carbonyl (C=O) groups excluding carboxylic acids is 1. The van der Waals surface area contributed by atoms with E-state index in [9.17, 15) is 13.2 Å². The zero-order valence-corrected chi connectivity index (χ0v) is 17.0. The molecule has 146 valence electrons. The molecule has 1 aromatic carbocycles. The Hall–Kier alpha value is -2.19. The van der Waals surface area contributed by atoms with Crippen LogP contribution in [0.2, 0.25) is 0 Å². The number of anilines is 1. The Morgan fingerprint density at radius 1 is 1.15 bits per heavy atom. The first-order chi connectivity index (χ1) is 12.7. The topological polar surface area (TPSA) is 75.5 Å². The van der Waals surface area contributed by atoms with E-state index < -0.39 is 10.0 Å². The maximum Gasteiger partial charge on any atom is 0.262 e. The van der Waals surface area contributed by atoms with Gasteiger partial charge in [0.05, 0.1) is 0 Å². The average molecular weight is 391 g/mol. The molecule has 1 aliphatic heterocycles. The van der Waals surface area contributed by atoms with E-state index in [1.807, 2.05) is 31.2 Å². The van der Waals surface area contributed by atoms with Crippen LogP contribution in [0.15, 0.2) is 35.5 Å². The molecule has 8 heteroatoms. The molecule has 1 amide bonds. The Morgan fingerprint density at radius 3 is 2.26 bits per heavy atom. The maximum atomic E-state index is 12.8. The lowest BCUT2D eigenvalue weighted by atomic mass is 9.96. The highest BCUT2D eigenvalue weighted by Gasteiger charge is 2.34. The number of benzene rings is 1. The number of rotatable bonds is 4. The highest BCUT2D eigenvalue weighted by molar-refractivity contribution is 7.89. The summed E-state index contributed by atoms with van der Waals surface area (Å²) in [5, 5.41) is 0.0732. The first kappa shape index (κ1) is 19.6. The predicted octanol–water partition coefficient (Wildman–Crippen LogP) is 2.10. The molecule has 0 aliphatic carbocycles. The minimum absolute atomic E-state index is 0.0320. The molecule has 0 radical (unpaired) electrons. The van der Waals surface area contributed by atoms with Crippen LogP contribution in [0.3, 0.4) is 0 Å². The molecule has 0 unspecified atom stereocenters. The van der Waals surface area contributed by atoms with E-state index in [2.05, 4.69) is 4.98 Å². The monoisotopic (exact) mass is 390 g/mol. The molecule has 0 spiro atoms. The third kappa shape index (κ3) is 3.91. The molecule has 1 fully saturated rings. The highest BCUT2D eigenvalue weighted by Crippen LogP contribution is 2.26. The Morgan fingerprint density at radius 2 is 1.74 bits per heavy atom. The number of aryl methyl sites for hydroxylation is 3. The zero-order chi connectivity index (χ0) is 19.8. The quantitative estimate of drug-likeness (QED) is 0.801.